The van der Waals surface area contributed by atoms with E-state index in [0.29, 0.717) is 30.6 Å². The second-order valence-electron chi connectivity index (χ2n) is 11.4. The van der Waals surface area contributed by atoms with Gasteiger partial charge in [0.15, 0.2) is 8.32 Å². The second kappa shape index (κ2) is 10.8. The highest BCUT2D eigenvalue weighted by Crippen LogP contribution is 2.49. The summed E-state index contributed by atoms with van der Waals surface area (Å²) in [4.78, 5) is 12.6. The number of unbranched alkanes of at least 4 members (excludes halogenated alkanes) is 2. The van der Waals surface area contributed by atoms with E-state index in [1.165, 1.54) is 24.8 Å². The van der Waals surface area contributed by atoms with Crippen molar-refractivity contribution in [1.29, 1.82) is 0 Å². The van der Waals surface area contributed by atoms with Gasteiger partial charge in [0, 0.05) is 12.3 Å². The van der Waals surface area contributed by atoms with Crippen molar-refractivity contribution in [3.8, 4) is 0 Å². The highest BCUT2D eigenvalue weighted by molar-refractivity contribution is 6.74. The van der Waals surface area contributed by atoms with Gasteiger partial charge >= 0.3 is 0 Å². The fraction of sp³-hybridized carbons (Fsp3) is 0.679. The Morgan fingerprint density at radius 1 is 1.16 bits per heavy atom. The van der Waals surface area contributed by atoms with Crippen molar-refractivity contribution in [3.05, 3.63) is 48.0 Å². The lowest BCUT2D eigenvalue weighted by Gasteiger charge is -2.38. The first kappa shape index (κ1) is 25.4. The molecule has 0 aromatic heterocycles. The molecule has 3 rings (SSSR count). The highest BCUT2D eigenvalue weighted by Gasteiger charge is 2.52. The molecular weight excluding hydrogens is 412 g/mol. The van der Waals surface area contributed by atoms with Gasteiger partial charge in [-0.1, -0.05) is 89.4 Å². The quantitative estimate of drug-likeness (QED) is 0.199. The smallest absolute Gasteiger partial charge is 0.192 e. The molecule has 0 N–H and O–H groups in total. The Balaban J connectivity index is 1.66. The van der Waals surface area contributed by atoms with Crippen LogP contribution in [0.3, 0.4) is 0 Å². The highest BCUT2D eigenvalue weighted by atomic mass is 28.4. The summed E-state index contributed by atoms with van der Waals surface area (Å²) < 4.78 is 13.1. The zero-order valence-corrected chi connectivity index (χ0v) is 22.1. The normalized spacial score (nSPS) is 26.9. The minimum Gasteiger partial charge on any atom is -0.411 e. The van der Waals surface area contributed by atoms with E-state index in [2.05, 4.69) is 77.2 Å². The van der Waals surface area contributed by atoms with E-state index in [-0.39, 0.29) is 23.2 Å². The molecule has 5 atom stereocenters. The van der Waals surface area contributed by atoms with Gasteiger partial charge in [-0.25, -0.2) is 0 Å². The van der Waals surface area contributed by atoms with Crippen LogP contribution >= 0.6 is 0 Å². The topological polar surface area (TPSA) is 35.5 Å². The molecule has 2 bridgehead atoms. The van der Waals surface area contributed by atoms with Crippen molar-refractivity contribution in [1.82, 2.24) is 0 Å². The maximum Gasteiger partial charge on any atom is 0.192 e. The van der Waals surface area contributed by atoms with E-state index in [4.69, 9.17) is 9.16 Å². The molecule has 1 aromatic rings. The Morgan fingerprint density at radius 3 is 2.53 bits per heavy atom. The van der Waals surface area contributed by atoms with Gasteiger partial charge in [0.2, 0.25) is 0 Å². The summed E-state index contributed by atoms with van der Waals surface area (Å²) in [5, 5.41) is 0.197. The van der Waals surface area contributed by atoms with Crippen molar-refractivity contribution < 1.29 is 14.0 Å². The molecule has 2 aliphatic carbocycles. The van der Waals surface area contributed by atoms with Crippen LogP contribution < -0.4 is 0 Å². The molecule has 1 aromatic carbocycles. The van der Waals surface area contributed by atoms with Crippen LogP contribution in [0.25, 0.3) is 0 Å². The largest absolute Gasteiger partial charge is 0.411 e. The van der Waals surface area contributed by atoms with Crippen LogP contribution in [0.15, 0.2) is 42.5 Å². The average Bonchev–Trinajstić information content (AvgIpc) is 3.22. The molecule has 2 aliphatic rings. The number of benzene rings is 1. The number of hydrogen-bond donors (Lipinski definition) is 0. The van der Waals surface area contributed by atoms with E-state index in [9.17, 15) is 4.79 Å². The predicted octanol–water partition coefficient (Wildman–Crippen LogP) is 7.32. The van der Waals surface area contributed by atoms with Crippen LogP contribution in [0.2, 0.25) is 18.1 Å². The summed E-state index contributed by atoms with van der Waals surface area (Å²) in [5.74, 6) is 1.18. The van der Waals surface area contributed by atoms with Crippen molar-refractivity contribution in [2.45, 2.75) is 103 Å². The number of carbonyl (C=O) groups excluding carboxylic acids is 1. The van der Waals surface area contributed by atoms with Crippen LogP contribution in [0.4, 0.5) is 0 Å². The molecule has 3 nitrogen and oxygen atoms in total. The molecule has 0 radical (unpaired) electrons. The van der Waals surface area contributed by atoms with Crippen LogP contribution in [0.5, 0.6) is 0 Å². The molecule has 178 valence electrons. The Hall–Kier alpha value is -1.23. The summed E-state index contributed by atoms with van der Waals surface area (Å²) in [6, 6.07) is 10.3. The lowest BCUT2D eigenvalue weighted by Crippen LogP contribution is -2.43. The summed E-state index contributed by atoms with van der Waals surface area (Å²) in [6.07, 6.45) is 11.2. The van der Waals surface area contributed by atoms with Gasteiger partial charge in [-0.3, -0.25) is 4.79 Å². The molecular formula is C28H44O3Si. The predicted molar refractivity (Wildman–Crippen MR) is 135 cm³/mol. The van der Waals surface area contributed by atoms with Gasteiger partial charge in [-0.15, -0.1) is 0 Å². The monoisotopic (exact) mass is 456 g/mol. The number of ketones is 1. The summed E-state index contributed by atoms with van der Waals surface area (Å²) in [6.45, 7) is 14.5. The lowest BCUT2D eigenvalue weighted by atomic mass is 9.95. The van der Waals surface area contributed by atoms with E-state index in [0.717, 1.165) is 12.8 Å². The SMILES string of the molecule is CCCCCC(C=CC1C2CC(OCc3ccccc3)C1CC2=O)O[Si](C)(C)C(C)(C)C. The Bertz CT molecular complexity index is 765. The minimum atomic E-state index is -1.84. The Kier molecular flexibility index (Phi) is 8.57. The third-order valence-corrected chi connectivity index (χ3v) is 12.5. The first-order chi connectivity index (χ1) is 15.1. The second-order valence-corrected chi connectivity index (χ2v) is 16.1. The standard InChI is InChI=1S/C28H44O3Si/c1-7-8-10-15-22(31-32(5,6)28(2,3)4)16-17-23-24-19-27(25(23)18-26(24)29)30-20-21-13-11-9-12-14-21/h9,11-14,16-17,22-25,27H,7-8,10,15,18-20H2,1-6H3. The van der Waals surface area contributed by atoms with Gasteiger partial charge in [0.1, 0.15) is 5.78 Å². The maximum atomic E-state index is 12.6. The first-order valence-corrected chi connectivity index (χ1v) is 15.6. The molecule has 32 heavy (non-hydrogen) atoms. The fourth-order valence-corrected chi connectivity index (χ4v) is 6.28. The molecule has 0 amide bonds. The van der Waals surface area contributed by atoms with Crippen LogP contribution in [0, 0.1) is 17.8 Å². The summed E-state index contributed by atoms with van der Waals surface area (Å²) in [5.41, 5.74) is 1.20. The molecule has 4 heteroatoms. The van der Waals surface area contributed by atoms with E-state index >= 15 is 0 Å². The number of ether oxygens (including phenoxy) is 1. The van der Waals surface area contributed by atoms with Gasteiger partial charge in [-0.05, 0) is 48.4 Å². The third-order valence-electron chi connectivity index (χ3n) is 7.97. The summed E-state index contributed by atoms with van der Waals surface area (Å²) in [7, 11) is -1.84. The zero-order chi connectivity index (χ0) is 23.4. The average molecular weight is 457 g/mol. The van der Waals surface area contributed by atoms with Crippen molar-refractivity contribution in [2.24, 2.45) is 17.8 Å². The van der Waals surface area contributed by atoms with E-state index < -0.39 is 8.32 Å². The van der Waals surface area contributed by atoms with E-state index in [1.807, 2.05) is 6.07 Å². The van der Waals surface area contributed by atoms with Crippen molar-refractivity contribution >= 4 is 14.1 Å². The van der Waals surface area contributed by atoms with E-state index in [1.54, 1.807) is 0 Å². The molecule has 0 spiro atoms. The number of allylic oxidation sites excluding steroid dienone is 1. The van der Waals surface area contributed by atoms with Gasteiger partial charge in [0.05, 0.1) is 18.8 Å². The molecule has 0 heterocycles. The molecule has 0 aliphatic heterocycles. The third kappa shape index (κ3) is 6.21. The number of fused-ring (bicyclic) bond motifs is 2. The number of Topliss-reactive ketones (excluding diaryl/α,β-unsaturated/α-hetero) is 1. The molecule has 0 saturated heterocycles. The lowest BCUT2D eigenvalue weighted by molar-refractivity contribution is -0.124. The van der Waals surface area contributed by atoms with Gasteiger partial charge < -0.3 is 9.16 Å². The molecule has 2 saturated carbocycles. The Labute approximate surface area is 197 Å². The molecule has 2 fully saturated rings. The molecule has 5 unspecified atom stereocenters. The summed E-state index contributed by atoms with van der Waals surface area (Å²) >= 11 is 0. The van der Waals surface area contributed by atoms with Crippen LogP contribution in [-0.2, 0) is 20.6 Å². The maximum absolute atomic E-state index is 12.6. The minimum absolute atomic E-state index is 0.126. The van der Waals surface area contributed by atoms with Crippen LogP contribution in [-0.4, -0.2) is 26.3 Å². The fourth-order valence-electron chi connectivity index (χ4n) is 4.97. The zero-order valence-electron chi connectivity index (χ0n) is 21.1. The van der Waals surface area contributed by atoms with Gasteiger partial charge in [0.25, 0.3) is 0 Å². The first-order valence-electron chi connectivity index (χ1n) is 12.7. The van der Waals surface area contributed by atoms with Crippen LogP contribution in [0.1, 0.15) is 71.8 Å². The van der Waals surface area contributed by atoms with Crippen molar-refractivity contribution in [3.63, 3.8) is 0 Å². The number of hydrogen-bond acceptors (Lipinski definition) is 3. The Morgan fingerprint density at radius 2 is 1.88 bits per heavy atom. The van der Waals surface area contributed by atoms with Gasteiger partial charge in [-0.2, -0.15) is 0 Å². The number of rotatable bonds is 11. The number of carbonyl (C=O) groups is 1. The van der Waals surface area contributed by atoms with Crippen molar-refractivity contribution in [2.75, 3.05) is 0 Å².